The Morgan fingerprint density at radius 1 is 1.30 bits per heavy atom. The number of nitrogens with zero attached hydrogens (tertiary/aromatic N) is 2. The number of aryl methyl sites for hydroxylation is 1. The summed E-state index contributed by atoms with van der Waals surface area (Å²) >= 11 is 1.53. The number of thiazole rings is 1. The van der Waals surface area contributed by atoms with Crippen molar-refractivity contribution in [1.29, 1.82) is 0 Å². The molecule has 120 valence electrons. The van der Waals surface area contributed by atoms with E-state index in [0.717, 1.165) is 21.1 Å². The summed E-state index contributed by atoms with van der Waals surface area (Å²) in [6.07, 6.45) is 1.69. The third-order valence-electron chi connectivity index (χ3n) is 3.53. The van der Waals surface area contributed by atoms with Gasteiger partial charge >= 0.3 is 5.97 Å². The van der Waals surface area contributed by atoms with Crippen LogP contribution in [-0.2, 0) is 11.2 Å². The van der Waals surface area contributed by atoms with Crippen LogP contribution in [0.1, 0.15) is 10.6 Å². The molecule has 0 saturated carbocycles. The number of hydrogen-bond donors (Lipinski definition) is 1. The fourth-order valence-corrected chi connectivity index (χ4v) is 3.55. The van der Waals surface area contributed by atoms with Gasteiger partial charge in [-0.15, -0.1) is 11.3 Å². The van der Waals surface area contributed by atoms with E-state index in [-0.39, 0.29) is 6.42 Å². The molecule has 6 nitrogen and oxygen atoms in total. The van der Waals surface area contributed by atoms with E-state index in [1.54, 1.807) is 20.4 Å². The lowest BCUT2D eigenvalue weighted by atomic mass is 10.1. The number of ether oxygens (including phenoxy) is 2. The topological polar surface area (TPSA) is 73.1 Å². The summed E-state index contributed by atoms with van der Waals surface area (Å²) in [6, 6.07) is 5.71. The zero-order valence-corrected chi connectivity index (χ0v) is 13.8. The zero-order valence-electron chi connectivity index (χ0n) is 13.0. The van der Waals surface area contributed by atoms with Gasteiger partial charge in [-0.2, -0.15) is 0 Å². The summed E-state index contributed by atoms with van der Waals surface area (Å²) in [6.45, 7) is 2.02. The first-order chi connectivity index (χ1) is 11.0. The minimum Gasteiger partial charge on any atom is -0.493 e. The van der Waals surface area contributed by atoms with Crippen molar-refractivity contribution in [3.05, 3.63) is 35.0 Å². The Hall–Kier alpha value is -2.54. The minimum absolute atomic E-state index is 0.0845. The number of carboxylic acids is 1. The molecule has 0 aliphatic carbocycles. The molecular weight excluding hydrogens is 316 g/mol. The highest BCUT2D eigenvalue weighted by Crippen LogP contribution is 2.36. The number of carbonyl (C=O) groups is 1. The lowest BCUT2D eigenvalue weighted by molar-refractivity contribution is -0.136. The lowest BCUT2D eigenvalue weighted by Crippen LogP contribution is -1.99. The van der Waals surface area contributed by atoms with Crippen molar-refractivity contribution in [3.8, 4) is 22.8 Å². The maximum absolute atomic E-state index is 10.9. The molecule has 1 N–H and O–H groups in total. The Morgan fingerprint density at radius 3 is 2.70 bits per heavy atom. The van der Waals surface area contributed by atoms with Crippen LogP contribution >= 0.6 is 11.3 Å². The molecule has 2 aromatic heterocycles. The quantitative estimate of drug-likeness (QED) is 0.777. The summed E-state index contributed by atoms with van der Waals surface area (Å²) < 4.78 is 12.6. The largest absolute Gasteiger partial charge is 0.493 e. The van der Waals surface area contributed by atoms with Crippen molar-refractivity contribution in [2.45, 2.75) is 13.3 Å². The van der Waals surface area contributed by atoms with Crippen LogP contribution in [0.15, 0.2) is 24.4 Å². The molecule has 2 heterocycles. The minimum atomic E-state index is -0.889. The molecule has 0 bridgehead atoms. The van der Waals surface area contributed by atoms with Gasteiger partial charge in [0.25, 0.3) is 0 Å². The second-order valence-electron chi connectivity index (χ2n) is 5.03. The summed E-state index contributed by atoms with van der Waals surface area (Å²) in [5, 5.41) is 8.92. The van der Waals surface area contributed by atoms with Crippen LogP contribution in [0.2, 0.25) is 0 Å². The number of rotatable bonds is 5. The van der Waals surface area contributed by atoms with E-state index < -0.39 is 5.97 Å². The summed E-state index contributed by atoms with van der Waals surface area (Å²) in [4.78, 5) is 17.1. The van der Waals surface area contributed by atoms with Crippen molar-refractivity contribution >= 4 is 22.3 Å². The molecule has 1 aromatic carbocycles. The van der Waals surface area contributed by atoms with Gasteiger partial charge in [-0.25, -0.2) is 4.98 Å². The van der Waals surface area contributed by atoms with Gasteiger partial charge in [0.2, 0.25) is 0 Å². The first-order valence-corrected chi connectivity index (χ1v) is 7.76. The van der Waals surface area contributed by atoms with E-state index in [1.165, 1.54) is 11.3 Å². The Labute approximate surface area is 136 Å². The molecule has 0 aliphatic heterocycles. The van der Waals surface area contributed by atoms with Gasteiger partial charge in [0.15, 0.2) is 16.5 Å². The Kier molecular flexibility index (Phi) is 3.96. The van der Waals surface area contributed by atoms with Crippen molar-refractivity contribution in [2.75, 3.05) is 14.2 Å². The van der Waals surface area contributed by atoms with Gasteiger partial charge < -0.3 is 14.6 Å². The van der Waals surface area contributed by atoms with Crippen LogP contribution in [0.4, 0.5) is 0 Å². The third kappa shape index (κ3) is 2.75. The number of carboxylic acid groups (broad SMARTS) is 1. The van der Waals surface area contributed by atoms with Gasteiger partial charge in [-0.05, 0) is 25.1 Å². The van der Waals surface area contributed by atoms with Crippen molar-refractivity contribution in [1.82, 2.24) is 9.38 Å². The van der Waals surface area contributed by atoms with E-state index in [9.17, 15) is 4.79 Å². The van der Waals surface area contributed by atoms with Gasteiger partial charge in [-0.3, -0.25) is 9.20 Å². The second-order valence-corrected chi connectivity index (χ2v) is 6.21. The molecule has 0 saturated heterocycles. The maximum atomic E-state index is 10.9. The number of methoxy groups -OCH3 is 2. The number of aromatic nitrogens is 2. The molecule has 3 aromatic rings. The third-order valence-corrected chi connectivity index (χ3v) is 4.50. The average molecular weight is 332 g/mol. The monoisotopic (exact) mass is 332 g/mol. The molecule has 0 fully saturated rings. The van der Waals surface area contributed by atoms with Crippen molar-refractivity contribution in [3.63, 3.8) is 0 Å². The van der Waals surface area contributed by atoms with E-state index in [2.05, 4.69) is 4.98 Å². The fraction of sp³-hybridized carbons (Fsp3) is 0.250. The first kappa shape index (κ1) is 15.4. The van der Waals surface area contributed by atoms with E-state index in [0.29, 0.717) is 17.2 Å². The lowest BCUT2D eigenvalue weighted by Gasteiger charge is -2.10. The highest BCUT2D eigenvalue weighted by molar-refractivity contribution is 7.17. The molecule has 0 aliphatic rings. The van der Waals surface area contributed by atoms with Crippen LogP contribution in [0.3, 0.4) is 0 Å². The molecule has 0 spiro atoms. The standard InChI is InChI=1S/C16H16N2O4S/c1-9-15(10-4-5-12(21-2)13(6-10)22-3)18-8-11(7-14(19)20)17-16(18)23-9/h4-6,8H,7H2,1-3H3,(H,19,20). The highest BCUT2D eigenvalue weighted by Gasteiger charge is 2.16. The van der Waals surface area contributed by atoms with Gasteiger partial charge in [0.1, 0.15) is 0 Å². The molecule has 3 rings (SSSR count). The van der Waals surface area contributed by atoms with Gasteiger partial charge in [0.05, 0.1) is 32.0 Å². The summed E-state index contributed by atoms with van der Waals surface area (Å²) in [7, 11) is 3.19. The molecule has 0 amide bonds. The second kappa shape index (κ2) is 5.92. The normalized spacial score (nSPS) is 10.9. The Bertz CT molecular complexity index is 882. The zero-order chi connectivity index (χ0) is 16.6. The number of hydrogen-bond acceptors (Lipinski definition) is 5. The van der Waals surface area contributed by atoms with Crippen molar-refractivity contribution < 1.29 is 19.4 Å². The molecular formula is C16H16N2O4S. The molecule has 7 heteroatoms. The smallest absolute Gasteiger partial charge is 0.309 e. The van der Waals surface area contributed by atoms with Gasteiger partial charge in [0, 0.05) is 16.6 Å². The SMILES string of the molecule is COc1ccc(-c2c(C)sc3nc(CC(=O)O)cn23)cc1OC. The Balaban J connectivity index is 2.13. The van der Waals surface area contributed by atoms with Crippen LogP contribution in [-0.4, -0.2) is 34.7 Å². The molecule has 0 unspecified atom stereocenters. The molecule has 23 heavy (non-hydrogen) atoms. The number of imidazole rings is 1. The van der Waals surface area contributed by atoms with Crippen LogP contribution in [0, 0.1) is 6.92 Å². The number of fused-ring (bicyclic) bond motifs is 1. The maximum Gasteiger partial charge on any atom is 0.309 e. The van der Waals surface area contributed by atoms with E-state index in [4.69, 9.17) is 14.6 Å². The number of benzene rings is 1. The predicted molar refractivity (Wildman–Crippen MR) is 87.7 cm³/mol. The summed E-state index contributed by atoms with van der Waals surface area (Å²) in [5.74, 6) is 0.423. The highest BCUT2D eigenvalue weighted by atomic mass is 32.1. The van der Waals surface area contributed by atoms with Crippen LogP contribution in [0.5, 0.6) is 11.5 Å². The van der Waals surface area contributed by atoms with E-state index >= 15 is 0 Å². The predicted octanol–water partition coefficient (Wildman–Crippen LogP) is 3.02. The Morgan fingerprint density at radius 2 is 2.04 bits per heavy atom. The number of aliphatic carboxylic acids is 1. The van der Waals surface area contributed by atoms with Crippen LogP contribution in [0.25, 0.3) is 16.2 Å². The molecule has 0 radical (unpaired) electrons. The first-order valence-electron chi connectivity index (χ1n) is 6.95. The summed E-state index contributed by atoms with van der Waals surface area (Å²) in [5.41, 5.74) is 2.49. The van der Waals surface area contributed by atoms with E-state index in [1.807, 2.05) is 29.5 Å². The van der Waals surface area contributed by atoms with Crippen LogP contribution < -0.4 is 9.47 Å². The van der Waals surface area contributed by atoms with Crippen molar-refractivity contribution in [2.24, 2.45) is 0 Å². The van der Waals surface area contributed by atoms with Gasteiger partial charge in [-0.1, -0.05) is 0 Å². The fourth-order valence-electron chi connectivity index (χ4n) is 2.56. The average Bonchev–Trinajstić information content (AvgIpc) is 3.01. The molecule has 0 atom stereocenters.